The Hall–Kier alpha value is -3.44. The molecule has 0 aliphatic carbocycles. The summed E-state index contributed by atoms with van der Waals surface area (Å²) in [6, 6.07) is 3.39. The number of carbonyl (C=O) groups is 2. The van der Waals surface area contributed by atoms with Crippen molar-refractivity contribution in [2.45, 2.75) is 19.3 Å². The molecule has 1 amide bonds. The number of non-ortho nitro benzene ring substituents is 1. The van der Waals surface area contributed by atoms with Gasteiger partial charge in [0.15, 0.2) is 0 Å². The van der Waals surface area contributed by atoms with Gasteiger partial charge < -0.3 is 39.4 Å². The molecule has 0 aliphatic rings. The number of hydrogen-bond donors (Lipinski definition) is 3. The Balaban J connectivity index is 1.86. The number of nitro benzene ring substituents is 2. The van der Waals surface area contributed by atoms with Crippen molar-refractivity contribution in [2.75, 3.05) is 84.5 Å². The number of anilines is 1. The molecular weight excluding hydrogens is 524 g/mol. The second-order valence-corrected chi connectivity index (χ2v) is 7.80. The van der Waals surface area contributed by atoms with E-state index in [0.717, 1.165) is 6.07 Å². The van der Waals surface area contributed by atoms with E-state index in [-0.39, 0.29) is 49.0 Å². The van der Waals surface area contributed by atoms with Crippen LogP contribution in [0.15, 0.2) is 18.2 Å². The summed E-state index contributed by atoms with van der Waals surface area (Å²) in [4.78, 5) is 42.2. The Morgan fingerprint density at radius 3 is 1.79 bits per heavy atom. The number of hydrogen-bond acceptors (Lipinski definition) is 12. The lowest BCUT2D eigenvalue weighted by Crippen LogP contribution is -2.25. The molecule has 0 aliphatic heterocycles. The zero-order valence-corrected chi connectivity index (χ0v) is 21.7. The summed E-state index contributed by atoms with van der Waals surface area (Å²) in [5.41, 5.74) is -0.555. The highest BCUT2D eigenvalue weighted by molar-refractivity contribution is 5.80. The molecule has 0 bridgehead atoms. The lowest BCUT2D eigenvalue weighted by atomic mass is 10.2. The third-order valence-electron chi connectivity index (χ3n) is 4.79. The summed E-state index contributed by atoms with van der Waals surface area (Å²) in [5.74, 6) is -1.29. The lowest BCUT2D eigenvalue weighted by molar-refractivity contribution is -0.393. The van der Waals surface area contributed by atoms with Gasteiger partial charge in [-0.15, -0.1) is 0 Å². The highest BCUT2D eigenvalue weighted by Crippen LogP contribution is 2.28. The van der Waals surface area contributed by atoms with Crippen molar-refractivity contribution in [2.24, 2.45) is 0 Å². The predicted molar refractivity (Wildman–Crippen MR) is 137 cm³/mol. The summed E-state index contributed by atoms with van der Waals surface area (Å²) in [5, 5.41) is 35.8. The second kappa shape index (κ2) is 21.5. The number of benzene rings is 1. The van der Waals surface area contributed by atoms with E-state index in [1.54, 1.807) is 0 Å². The number of carboxylic acids is 1. The normalized spacial score (nSPS) is 10.8. The first-order valence-electron chi connectivity index (χ1n) is 12.3. The molecule has 1 aromatic carbocycles. The van der Waals surface area contributed by atoms with Crippen LogP contribution in [0.3, 0.4) is 0 Å². The van der Waals surface area contributed by atoms with E-state index in [1.807, 2.05) is 0 Å². The molecule has 16 heteroatoms. The van der Waals surface area contributed by atoms with Crippen LogP contribution in [-0.2, 0) is 33.3 Å². The molecule has 0 unspecified atom stereocenters. The highest BCUT2D eigenvalue weighted by atomic mass is 16.6. The minimum Gasteiger partial charge on any atom is -0.481 e. The summed E-state index contributed by atoms with van der Waals surface area (Å²) in [7, 11) is 0. The summed E-state index contributed by atoms with van der Waals surface area (Å²) in [6.45, 7) is 4.51. The number of aliphatic carboxylic acids is 1. The fraction of sp³-hybridized carbons (Fsp3) is 0.652. The monoisotopic (exact) mass is 560 g/mol. The molecule has 0 heterocycles. The molecule has 0 aromatic heterocycles. The van der Waals surface area contributed by atoms with Crippen molar-refractivity contribution in [3.63, 3.8) is 0 Å². The number of amides is 1. The highest BCUT2D eigenvalue weighted by Gasteiger charge is 2.19. The van der Waals surface area contributed by atoms with Crippen molar-refractivity contribution in [1.82, 2.24) is 5.32 Å². The second-order valence-electron chi connectivity index (χ2n) is 7.80. The van der Waals surface area contributed by atoms with Crippen LogP contribution < -0.4 is 10.6 Å². The first-order valence-corrected chi connectivity index (χ1v) is 12.3. The van der Waals surface area contributed by atoms with Gasteiger partial charge in [0.1, 0.15) is 5.69 Å². The Labute approximate surface area is 225 Å². The maximum atomic E-state index is 11.3. The molecule has 0 saturated heterocycles. The molecule has 1 aromatic rings. The van der Waals surface area contributed by atoms with E-state index in [9.17, 15) is 29.8 Å². The van der Waals surface area contributed by atoms with Crippen LogP contribution in [0, 0.1) is 20.2 Å². The van der Waals surface area contributed by atoms with Crippen molar-refractivity contribution in [3.8, 4) is 0 Å². The van der Waals surface area contributed by atoms with E-state index in [2.05, 4.69) is 10.6 Å². The maximum absolute atomic E-state index is 11.3. The molecule has 1 rings (SSSR count). The minimum absolute atomic E-state index is 0.0306. The lowest BCUT2D eigenvalue weighted by Gasteiger charge is -2.09. The Morgan fingerprint density at radius 2 is 1.28 bits per heavy atom. The number of nitro groups is 2. The van der Waals surface area contributed by atoms with Crippen LogP contribution in [0.4, 0.5) is 17.1 Å². The predicted octanol–water partition coefficient (Wildman–Crippen LogP) is 1.37. The van der Waals surface area contributed by atoms with Gasteiger partial charge in [0.2, 0.25) is 5.91 Å². The van der Waals surface area contributed by atoms with Crippen molar-refractivity contribution in [1.29, 1.82) is 0 Å². The van der Waals surface area contributed by atoms with Gasteiger partial charge in [-0.05, 0) is 12.5 Å². The smallest absolute Gasteiger partial charge is 0.303 e. The maximum Gasteiger partial charge on any atom is 0.303 e. The number of rotatable bonds is 25. The number of nitrogens with zero attached hydrogens (tertiary/aromatic N) is 2. The van der Waals surface area contributed by atoms with Gasteiger partial charge in [-0.1, -0.05) is 0 Å². The van der Waals surface area contributed by atoms with Crippen LogP contribution in [0.25, 0.3) is 0 Å². The van der Waals surface area contributed by atoms with E-state index in [0.29, 0.717) is 72.4 Å². The quantitative estimate of drug-likeness (QED) is 0.0877. The number of ether oxygens (including phenoxy) is 5. The third kappa shape index (κ3) is 17.7. The average Bonchev–Trinajstić information content (AvgIpc) is 2.90. The molecule has 39 heavy (non-hydrogen) atoms. The van der Waals surface area contributed by atoms with Crippen LogP contribution in [-0.4, -0.2) is 106 Å². The van der Waals surface area contributed by atoms with Crippen molar-refractivity contribution >= 4 is 28.9 Å². The third-order valence-corrected chi connectivity index (χ3v) is 4.79. The molecule has 0 fully saturated rings. The van der Waals surface area contributed by atoms with Crippen LogP contribution >= 0.6 is 0 Å². The first kappa shape index (κ1) is 33.6. The van der Waals surface area contributed by atoms with Gasteiger partial charge in [-0.2, -0.15) is 0 Å². The summed E-state index contributed by atoms with van der Waals surface area (Å²) in [6.07, 6.45) is 0.409. The molecule has 0 radical (unpaired) electrons. The fourth-order valence-corrected chi connectivity index (χ4v) is 2.88. The van der Waals surface area contributed by atoms with E-state index in [4.69, 9.17) is 28.8 Å². The topological polar surface area (TPSA) is 211 Å². The molecule has 0 spiro atoms. The standard InChI is InChI=1S/C23H36N4O12/c28-22(4-5-23(29)30)25-6-1-8-35-10-12-37-14-16-39-17-15-38-13-11-36-9-7-24-20-3-2-19(26(31)32)18-21(20)27(33)34/h2-3,18,24H,1,4-17H2,(H,25,28)(H,29,30). The van der Waals surface area contributed by atoms with Crippen LogP contribution in [0.5, 0.6) is 0 Å². The molecule has 220 valence electrons. The zero-order chi connectivity index (χ0) is 28.7. The summed E-state index contributed by atoms with van der Waals surface area (Å²) < 4.78 is 26.9. The van der Waals surface area contributed by atoms with Gasteiger partial charge in [0.05, 0.1) is 81.8 Å². The minimum atomic E-state index is -1.00. The number of carbonyl (C=O) groups excluding carboxylic acids is 1. The van der Waals surface area contributed by atoms with Gasteiger partial charge in [-0.3, -0.25) is 29.8 Å². The SMILES string of the molecule is O=C(O)CCC(=O)NCCCOCCOCCOCCOCCOCCNc1ccc([N+](=O)[O-])cc1[N+](=O)[O-]. The van der Waals surface area contributed by atoms with Gasteiger partial charge >= 0.3 is 5.97 Å². The first-order chi connectivity index (χ1) is 18.8. The summed E-state index contributed by atoms with van der Waals surface area (Å²) >= 11 is 0. The molecule has 16 nitrogen and oxygen atoms in total. The van der Waals surface area contributed by atoms with Gasteiger partial charge in [-0.25, -0.2) is 0 Å². The van der Waals surface area contributed by atoms with Gasteiger partial charge in [0, 0.05) is 32.2 Å². The number of nitrogens with one attached hydrogen (secondary N) is 2. The Morgan fingerprint density at radius 1 is 0.744 bits per heavy atom. The van der Waals surface area contributed by atoms with Crippen LogP contribution in [0.2, 0.25) is 0 Å². The molecule has 0 atom stereocenters. The van der Waals surface area contributed by atoms with Gasteiger partial charge in [0.25, 0.3) is 11.4 Å². The largest absolute Gasteiger partial charge is 0.481 e. The Kier molecular flexibility index (Phi) is 18.5. The Bertz CT molecular complexity index is 887. The number of carboxylic acid groups (broad SMARTS) is 1. The van der Waals surface area contributed by atoms with Crippen LogP contribution in [0.1, 0.15) is 19.3 Å². The molecular formula is C23H36N4O12. The van der Waals surface area contributed by atoms with Crippen molar-refractivity contribution in [3.05, 3.63) is 38.4 Å². The average molecular weight is 561 g/mol. The zero-order valence-electron chi connectivity index (χ0n) is 21.7. The van der Waals surface area contributed by atoms with E-state index in [1.165, 1.54) is 12.1 Å². The molecule has 3 N–H and O–H groups in total. The van der Waals surface area contributed by atoms with Crippen molar-refractivity contribution < 1.29 is 48.2 Å². The molecule has 0 saturated carbocycles. The van der Waals surface area contributed by atoms with E-state index >= 15 is 0 Å². The fourth-order valence-electron chi connectivity index (χ4n) is 2.88. The van der Waals surface area contributed by atoms with E-state index < -0.39 is 15.8 Å².